The van der Waals surface area contributed by atoms with Crippen LogP contribution in [0.3, 0.4) is 0 Å². The molecule has 15 heavy (non-hydrogen) atoms. The zero-order chi connectivity index (χ0) is 11.0. The fourth-order valence-electron chi connectivity index (χ4n) is 1.54. The fraction of sp³-hybridized carbons (Fsp3) is 0.182. The Morgan fingerprint density at radius 2 is 2.27 bits per heavy atom. The van der Waals surface area contributed by atoms with Crippen molar-refractivity contribution in [3.8, 4) is 0 Å². The number of halogens is 1. The molecule has 1 aliphatic rings. The summed E-state index contributed by atoms with van der Waals surface area (Å²) >= 11 is 7.38. The van der Waals surface area contributed by atoms with Gasteiger partial charge in [0.25, 0.3) is 0 Å². The Hall–Kier alpha value is -0.930. The van der Waals surface area contributed by atoms with E-state index in [1.165, 1.54) is 0 Å². The summed E-state index contributed by atoms with van der Waals surface area (Å²) < 4.78 is 0. The van der Waals surface area contributed by atoms with Crippen molar-refractivity contribution in [3.05, 3.63) is 40.6 Å². The zero-order valence-electron chi connectivity index (χ0n) is 8.03. The van der Waals surface area contributed by atoms with Crippen LogP contribution >= 0.6 is 23.4 Å². The summed E-state index contributed by atoms with van der Waals surface area (Å²) in [7, 11) is 0. The number of carbonyl (C=O) groups is 1. The van der Waals surface area contributed by atoms with Gasteiger partial charge in [-0.2, -0.15) is 0 Å². The van der Waals surface area contributed by atoms with Gasteiger partial charge in [-0.15, -0.1) is 11.8 Å². The molecule has 1 heterocycles. The van der Waals surface area contributed by atoms with Crippen LogP contribution in [0, 0.1) is 0 Å². The minimum atomic E-state index is -0.138. The van der Waals surface area contributed by atoms with Crippen molar-refractivity contribution >= 4 is 29.1 Å². The molecule has 0 fully saturated rings. The van der Waals surface area contributed by atoms with Crippen molar-refractivity contribution in [3.63, 3.8) is 0 Å². The molecule has 1 aromatic carbocycles. The summed E-state index contributed by atoms with van der Waals surface area (Å²) in [4.78, 5) is 12.8. The maximum absolute atomic E-state index is 11.9. The predicted molar refractivity (Wildman–Crippen MR) is 61.8 cm³/mol. The number of thioether (sulfide) groups is 1. The topological polar surface area (TPSA) is 37.3 Å². The standard InChI is InChI=1S/C11H9ClO2S/c1-6-9(5-13)11(14)8-4-7(12)2-3-10(8)15-6/h2-6,13H,1H3/b9-5-. The average Bonchev–Trinajstić information content (AvgIpc) is 2.20. The smallest absolute Gasteiger partial charge is 0.194 e. The lowest BCUT2D eigenvalue weighted by Gasteiger charge is -2.22. The van der Waals surface area contributed by atoms with Crippen LogP contribution in [0.2, 0.25) is 5.02 Å². The van der Waals surface area contributed by atoms with Gasteiger partial charge in [0, 0.05) is 26.3 Å². The van der Waals surface area contributed by atoms with Gasteiger partial charge in [-0.3, -0.25) is 4.79 Å². The Balaban J connectivity index is 2.56. The highest BCUT2D eigenvalue weighted by Gasteiger charge is 2.28. The molecular weight excluding hydrogens is 232 g/mol. The lowest BCUT2D eigenvalue weighted by molar-refractivity contribution is 0.102. The molecule has 0 aliphatic carbocycles. The Morgan fingerprint density at radius 1 is 1.53 bits per heavy atom. The van der Waals surface area contributed by atoms with Crippen molar-refractivity contribution in [2.75, 3.05) is 0 Å². The van der Waals surface area contributed by atoms with E-state index in [9.17, 15) is 4.79 Å². The number of Topliss-reactive ketones (excluding diaryl/α,β-unsaturated/α-hetero) is 1. The molecule has 0 aromatic heterocycles. The lowest BCUT2D eigenvalue weighted by Crippen LogP contribution is -2.19. The molecule has 0 radical (unpaired) electrons. The van der Waals surface area contributed by atoms with E-state index in [0.717, 1.165) is 11.2 Å². The Morgan fingerprint density at radius 3 is 2.93 bits per heavy atom. The molecule has 78 valence electrons. The minimum Gasteiger partial charge on any atom is -0.515 e. The molecule has 1 unspecified atom stereocenters. The van der Waals surface area contributed by atoms with Crippen molar-refractivity contribution < 1.29 is 9.90 Å². The number of rotatable bonds is 0. The van der Waals surface area contributed by atoms with Gasteiger partial charge < -0.3 is 5.11 Å². The molecule has 1 atom stereocenters. The summed E-state index contributed by atoms with van der Waals surface area (Å²) in [5.41, 5.74) is 1.00. The van der Waals surface area contributed by atoms with Crippen LogP contribution < -0.4 is 0 Å². The van der Waals surface area contributed by atoms with Gasteiger partial charge in [-0.25, -0.2) is 0 Å². The van der Waals surface area contributed by atoms with Crippen LogP contribution in [-0.2, 0) is 0 Å². The minimum absolute atomic E-state index is 0.0174. The molecule has 0 saturated heterocycles. The largest absolute Gasteiger partial charge is 0.515 e. The van der Waals surface area contributed by atoms with Crippen molar-refractivity contribution in [2.45, 2.75) is 17.1 Å². The molecule has 2 nitrogen and oxygen atoms in total. The molecule has 0 spiro atoms. The van der Waals surface area contributed by atoms with E-state index in [4.69, 9.17) is 16.7 Å². The zero-order valence-corrected chi connectivity index (χ0v) is 9.60. The third kappa shape index (κ3) is 1.77. The van der Waals surface area contributed by atoms with Gasteiger partial charge in [0.05, 0.1) is 6.26 Å². The predicted octanol–water partition coefficient (Wildman–Crippen LogP) is 3.46. The lowest BCUT2D eigenvalue weighted by atomic mass is 10.0. The number of fused-ring (bicyclic) bond motifs is 1. The summed E-state index contributed by atoms with van der Waals surface area (Å²) in [5.74, 6) is -0.138. The van der Waals surface area contributed by atoms with Gasteiger partial charge >= 0.3 is 0 Å². The van der Waals surface area contributed by atoms with Gasteiger partial charge in [-0.1, -0.05) is 11.6 Å². The average molecular weight is 241 g/mol. The number of hydrogen-bond acceptors (Lipinski definition) is 3. The van der Waals surface area contributed by atoms with E-state index in [1.807, 2.05) is 13.0 Å². The van der Waals surface area contributed by atoms with Gasteiger partial charge in [-0.05, 0) is 25.1 Å². The van der Waals surface area contributed by atoms with E-state index >= 15 is 0 Å². The monoisotopic (exact) mass is 240 g/mol. The van der Waals surface area contributed by atoms with Gasteiger partial charge in [0.2, 0.25) is 0 Å². The van der Waals surface area contributed by atoms with Crippen LogP contribution in [0.25, 0.3) is 0 Å². The van der Waals surface area contributed by atoms with E-state index < -0.39 is 0 Å². The molecule has 0 saturated carbocycles. The first-order chi connectivity index (χ1) is 7.13. The highest BCUT2D eigenvalue weighted by atomic mass is 35.5. The van der Waals surface area contributed by atoms with Crippen molar-refractivity contribution in [2.24, 2.45) is 0 Å². The molecule has 1 aromatic rings. The molecule has 1 N–H and O–H groups in total. The van der Waals surface area contributed by atoms with Crippen LogP contribution in [-0.4, -0.2) is 16.1 Å². The van der Waals surface area contributed by atoms with Gasteiger partial charge in [0.1, 0.15) is 0 Å². The molecule has 0 bridgehead atoms. The molecule has 4 heteroatoms. The van der Waals surface area contributed by atoms with Crippen LogP contribution in [0.5, 0.6) is 0 Å². The van der Waals surface area contributed by atoms with Crippen molar-refractivity contribution in [1.29, 1.82) is 0 Å². The highest BCUT2D eigenvalue weighted by Crippen LogP contribution is 2.38. The fourth-order valence-corrected chi connectivity index (χ4v) is 2.81. The van der Waals surface area contributed by atoms with Crippen molar-refractivity contribution in [1.82, 2.24) is 0 Å². The normalized spacial score (nSPS) is 22.9. The third-order valence-corrected chi connectivity index (χ3v) is 3.78. The third-order valence-electron chi connectivity index (χ3n) is 2.33. The summed E-state index contributed by atoms with van der Waals surface area (Å²) in [5, 5.41) is 9.52. The maximum Gasteiger partial charge on any atom is 0.194 e. The summed E-state index contributed by atoms with van der Waals surface area (Å²) in [6.45, 7) is 1.89. The SMILES string of the molecule is CC1Sc2ccc(Cl)cc2C(=O)/C1=C\O. The van der Waals surface area contributed by atoms with Gasteiger partial charge in [0.15, 0.2) is 5.78 Å². The number of ketones is 1. The molecule has 1 aliphatic heterocycles. The number of carbonyl (C=O) groups excluding carboxylic acids is 1. The quantitative estimate of drug-likeness (QED) is 0.557. The Labute approximate surface area is 96.9 Å². The molecule has 0 amide bonds. The number of benzene rings is 1. The Bertz CT molecular complexity index is 454. The summed E-state index contributed by atoms with van der Waals surface area (Å²) in [6, 6.07) is 5.24. The second kappa shape index (κ2) is 3.91. The second-order valence-corrected chi connectivity index (χ2v) is 5.13. The Kier molecular flexibility index (Phi) is 2.76. The first kappa shape index (κ1) is 10.6. The van der Waals surface area contributed by atoms with E-state index in [2.05, 4.69) is 0 Å². The summed E-state index contributed by atoms with van der Waals surface area (Å²) in [6.07, 6.45) is 0.893. The highest BCUT2D eigenvalue weighted by molar-refractivity contribution is 8.00. The van der Waals surface area contributed by atoms with E-state index in [0.29, 0.717) is 16.2 Å². The van der Waals surface area contributed by atoms with Crippen LogP contribution in [0.1, 0.15) is 17.3 Å². The van der Waals surface area contributed by atoms with E-state index in [1.54, 1.807) is 23.9 Å². The molecule has 2 rings (SSSR count). The second-order valence-electron chi connectivity index (χ2n) is 3.31. The van der Waals surface area contributed by atoms with Crippen LogP contribution in [0.15, 0.2) is 34.9 Å². The number of aliphatic hydroxyl groups is 1. The number of hydrogen-bond donors (Lipinski definition) is 1. The van der Waals surface area contributed by atoms with Crippen LogP contribution in [0.4, 0.5) is 0 Å². The van der Waals surface area contributed by atoms with E-state index in [-0.39, 0.29) is 11.0 Å². The first-order valence-electron chi connectivity index (χ1n) is 4.48. The maximum atomic E-state index is 11.9. The molecular formula is C11H9ClO2S. The first-order valence-corrected chi connectivity index (χ1v) is 5.74. The number of aliphatic hydroxyl groups excluding tert-OH is 1.